The van der Waals surface area contributed by atoms with Crippen molar-refractivity contribution in [2.45, 2.75) is 13.1 Å². The number of aryl methyl sites for hydroxylation is 1. The standard InChI is InChI=1S/C28H29F3N6O2/c1-18-2-3-22(16-25(18)35-27(39)20-12-19-4-5-32-26(19)33-17-20)34-23-13-21(28(29,30)31)14-24(15-23)37-8-6-36(7-9-37)10-11-38/h2-5,12-17,34,38H,6-11H2,1H3,(H,32,33)(H,35,39). The lowest BCUT2D eigenvalue weighted by molar-refractivity contribution is -0.137. The summed E-state index contributed by atoms with van der Waals surface area (Å²) in [6, 6.07) is 12.8. The Balaban J connectivity index is 1.36. The number of hydrogen-bond donors (Lipinski definition) is 4. The Morgan fingerprint density at radius 1 is 1.05 bits per heavy atom. The number of piperazine rings is 1. The van der Waals surface area contributed by atoms with Crippen molar-refractivity contribution in [3.05, 3.63) is 77.6 Å². The number of pyridine rings is 1. The maximum absolute atomic E-state index is 13.8. The molecular weight excluding hydrogens is 509 g/mol. The van der Waals surface area contributed by atoms with E-state index >= 15 is 0 Å². The topological polar surface area (TPSA) is 96.5 Å². The Hall–Kier alpha value is -4.09. The van der Waals surface area contributed by atoms with Crippen LogP contribution >= 0.6 is 0 Å². The maximum atomic E-state index is 13.8. The van der Waals surface area contributed by atoms with Crippen molar-refractivity contribution in [3.8, 4) is 0 Å². The Morgan fingerprint density at radius 2 is 1.85 bits per heavy atom. The predicted octanol–water partition coefficient (Wildman–Crippen LogP) is 5.00. The summed E-state index contributed by atoms with van der Waals surface area (Å²) in [5.41, 5.74) is 2.97. The van der Waals surface area contributed by atoms with Crippen molar-refractivity contribution in [3.63, 3.8) is 0 Å². The first-order valence-electron chi connectivity index (χ1n) is 12.6. The average molecular weight is 539 g/mol. The number of amides is 1. The number of halogens is 3. The van der Waals surface area contributed by atoms with Crippen LogP contribution in [-0.2, 0) is 6.18 Å². The molecule has 1 amide bonds. The summed E-state index contributed by atoms with van der Waals surface area (Å²) in [5, 5.41) is 15.9. The van der Waals surface area contributed by atoms with Crippen molar-refractivity contribution in [1.29, 1.82) is 0 Å². The summed E-state index contributed by atoms with van der Waals surface area (Å²) >= 11 is 0. The van der Waals surface area contributed by atoms with E-state index in [0.29, 0.717) is 66.7 Å². The van der Waals surface area contributed by atoms with Gasteiger partial charge in [0.15, 0.2) is 0 Å². The molecule has 5 rings (SSSR count). The molecule has 204 valence electrons. The number of hydrogen-bond acceptors (Lipinski definition) is 6. The number of alkyl halides is 3. The SMILES string of the molecule is Cc1ccc(Nc2cc(N3CCN(CCO)CC3)cc(C(F)(F)F)c2)cc1NC(=O)c1cnc2[nH]ccc2c1. The minimum absolute atomic E-state index is 0.0512. The van der Waals surface area contributed by atoms with Gasteiger partial charge in [-0.3, -0.25) is 9.69 Å². The molecule has 11 heteroatoms. The fraction of sp³-hybridized carbons (Fsp3) is 0.286. The molecule has 1 aliphatic rings. The molecular formula is C28H29F3N6O2. The zero-order valence-corrected chi connectivity index (χ0v) is 21.3. The van der Waals surface area contributed by atoms with Crippen LogP contribution < -0.4 is 15.5 Å². The van der Waals surface area contributed by atoms with Crippen LogP contribution in [0.1, 0.15) is 21.5 Å². The average Bonchev–Trinajstić information content (AvgIpc) is 3.39. The molecule has 0 unspecified atom stereocenters. The van der Waals surface area contributed by atoms with Gasteiger partial charge in [-0.2, -0.15) is 13.2 Å². The lowest BCUT2D eigenvalue weighted by Crippen LogP contribution is -2.47. The third-order valence-corrected chi connectivity index (χ3v) is 6.84. The summed E-state index contributed by atoms with van der Waals surface area (Å²) < 4.78 is 41.3. The van der Waals surface area contributed by atoms with Gasteiger partial charge >= 0.3 is 6.18 Å². The van der Waals surface area contributed by atoms with Gasteiger partial charge in [-0.05, 0) is 55.0 Å². The quantitative estimate of drug-likeness (QED) is 0.265. The molecule has 4 N–H and O–H groups in total. The molecule has 0 bridgehead atoms. The molecule has 1 saturated heterocycles. The van der Waals surface area contributed by atoms with E-state index in [1.165, 1.54) is 12.3 Å². The number of nitrogens with one attached hydrogen (secondary N) is 3. The zero-order valence-electron chi connectivity index (χ0n) is 21.3. The van der Waals surface area contributed by atoms with Crippen molar-refractivity contribution >= 4 is 39.7 Å². The maximum Gasteiger partial charge on any atom is 0.416 e. The molecule has 3 heterocycles. The smallest absolute Gasteiger partial charge is 0.395 e. The molecule has 4 aromatic rings. The van der Waals surface area contributed by atoms with Gasteiger partial charge in [0.1, 0.15) is 5.65 Å². The van der Waals surface area contributed by atoms with Gasteiger partial charge in [-0.1, -0.05) is 6.07 Å². The number of carbonyl (C=O) groups is 1. The van der Waals surface area contributed by atoms with Crippen molar-refractivity contribution in [2.24, 2.45) is 0 Å². The van der Waals surface area contributed by atoms with Gasteiger partial charge in [0.25, 0.3) is 5.91 Å². The molecule has 2 aromatic heterocycles. The van der Waals surface area contributed by atoms with E-state index in [2.05, 4.69) is 25.5 Å². The molecule has 2 aromatic carbocycles. The van der Waals surface area contributed by atoms with Gasteiger partial charge in [0, 0.05) is 73.3 Å². The summed E-state index contributed by atoms with van der Waals surface area (Å²) in [5.74, 6) is -0.340. The highest BCUT2D eigenvalue weighted by atomic mass is 19.4. The van der Waals surface area contributed by atoms with Crippen molar-refractivity contribution in [1.82, 2.24) is 14.9 Å². The van der Waals surface area contributed by atoms with Crippen LogP contribution in [0.25, 0.3) is 11.0 Å². The number of aromatic nitrogens is 2. The van der Waals surface area contributed by atoms with E-state index in [9.17, 15) is 18.0 Å². The third-order valence-electron chi connectivity index (χ3n) is 6.84. The highest BCUT2D eigenvalue weighted by Gasteiger charge is 2.32. The Bertz CT molecular complexity index is 1480. The van der Waals surface area contributed by atoms with E-state index in [0.717, 1.165) is 17.0 Å². The number of aromatic amines is 1. The Labute approximate surface area is 223 Å². The van der Waals surface area contributed by atoms with Gasteiger partial charge in [0.05, 0.1) is 17.7 Å². The summed E-state index contributed by atoms with van der Waals surface area (Å²) in [7, 11) is 0. The van der Waals surface area contributed by atoms with Crippen molar-refractivity contribution in [2.75, 3.05) is 54.9 Å². The van der Waals surface area contributed by atoms with Crippen LogP contribution in [0.4, 0.5) is 35.9 Å². The van der Waals surface area contributed by atoms with Crippen molar-refractivity contribution < 1.29 is 23.1 Å². The zero-order chi connectivity index (χ0) is 27.6. The highest BCUT2D eigenvalue weighted by molar-refractivity contribution is 6.06. The van der Waals surface area contributed by atoms with E-state index in [4.69, 9.17) is 5.11 Å². The minimum atomic E-state index is -4.51. The van der Waals surface area contributed by atoms with E-state index in [-0.39, 0.29) is 12.5 Å². The van der Waals surface area contributed by atoms with Gasteiger partial charge in [0.2, 0.25) is 0 Å². The number of H-pyrrole nitrogens is 1. The molecule has 0 saturated carbocycles. The number of aliphatic hydroxyl groups excluding tert-OH is 1. The van der Waals surface area contributed by atoms with E-state index in [1.807, 2.05) is 17.9 Å². The number of rotatable bonds is 7. The number of fused-ring (bicyclic) bond motifs is 1. The van der Waals surface area contributed by atoms with Crippen LogP contribution in [0.5, 0.6) is 0 Å². The third kappa shape index (κ3) is 6.15. The van der Waals surface area contributed by atoms with Crippen LogP contribution in [0.15, 0.2) is 60.9 Å². The molecule has 0 spiro atoms. The second-order valence-corrected chi connectivity index (χ2v) is 9.57. The van der Waals surface area contributed by atoms with E-state index < -0.39 is 11.7 Å². The lowest BCUT2D eigenvalue weighted by atomic mass is 10.1. The van der Waals surface area contributed by atoms with Gasteiger partial charge in [-0.15, -0.1) is 0 Å². The fourth-order valence-corrected chi connectivity index (χ4v) is 4.66. The molecule has 0 radical (unpaired) electrons. The summed E-state index contributed by atoms with van der Waals surface area (Å²) in [4.78, 5) is 24.1. The van der Waals surface area contributed by atoms with Gasteiger partial charge < -0.3 is 25.6 Å². The van der Waals surface area contributed by atoms with Crippen LogP contribution in [-0.4, -0.2) is 65.2 Å². The molecule has 0 atom stereocenters. The molecule has 1 fully saturated rings. The number of aliphatic hydroxyl groups is 1. The normalized spacial score (nSPS) is 14.5. The molecule has 1 aliphatic heterocycles. The lowest BCUT2D eigenvalue weighted by Gasteiger charge is -2.36. The number of carbonyl (C=O) groups excluding carboxylic acids is 1. The van der Waals surface area contributed by atoms with Crippen LogP contribution in [0.2, 0.25) is 0 Å². The number of β-amino-alcohol motifs (C(OH)–C–C–N with tert-alkyl or cyclic N) is 1. The Kier molecular flexibility index (Phi) is 7.45. The molecule has 0 aliphatic carbocycles. The fourth-order valence-electron chi connectivity index (χ4n) is 4.66. The second-order valence-electron chi connectivity index (χ2n) is 9.57. The largest absolute Gasteiger partial charge is 0.416 e. The molecule has 39 heavy (non-hydrogen) atoms. The second kappa shape index (κ2) is 11.0. The number of benzene rings is 2. The summed E-state index contributed by atoms with van der Waals surface area (Å²) in [6.07, 6.45) is -1.28. The highest BCUT2D eigenvalue weighted by Crippen LogP contribution is 2.36. The minimum Gasteiger partial charge on any atom is -0.395 e. The molecule has 8 nitrogen and oxygen atoms in total. The first kappa shape index (κ1) is 26.5. The monoisotopic (exact) mass is 538 g/mol. The van der Waals surface area contributed by atoms with Crippen LogP contribution in [0, 0.1) is 6.92 Å². The first-order chi connectivity index (χ1) is 18.7. The predicted molar refractivity (Wildman–Crippen MR) is 146 cm³/mol. The van der Waals surface area contributed by atoms with Gasteiger partial charge in [-0.25, -0.2) is 4.98 Å². The number of nitrogens with zero attached hydrogens (tertiary/aromatic N) is 3. The first-order valence-corrected chi connectivity index (χ1v) is 12.6. The summed E-state index contributed by atoms with van der Waals surface area (Å²) in [6.45, 7) is 4.88. The van der Waals surface area contributed by atoms with E-state index in [1.54, 1.807) is 36.5 Å². The number of anilines is 4. The Morgan fingerprint density at radius 3 is 2.59 bits per heavy atom. The van der Waals surface area contributed by atoms with Crippen LogP contribution in [0.3, 0.4) is 0 Å².